The van der Waals surface area contributed by atoms with Gasteiger partial charge in [0, 0.05) is 0 Å². The van der Waals surface area contributed by atoms with E-state index in [0.717, 1.165) is 20.1 Å². The summed E-state index contributed by atoms with van der Waals surface area (Å²) in [7, 11) is -0.476. The van der Waals surface area contributed by atoms with Gasteiger partial charge in [-0.25, -0.2) is 9.19 Å². The lowest BCUT2D eigenvalue weighted by Crippen LogP contribution is -2.00. The predicted octanol–water partition coefficient (Wildman–Crippen LogP) is 3.70. The first-order valence-corrected chi connectivity index (χ1v) is 9.14. The van der Waals surface area contributed by atoms with Crippen molar-refractivity contribution >= 4 is 41.5 Å². The SMILES string of the molecule is Cc1ccc(OS(=S=O)c2nc3ccccc3s2)cc1. The fourth-order valence-corrected chi connectivity index (χ4v) is 4.80. The summed E-state index contributed by atoms with van der Waals surface area (Å²) in [4.78, 5) is 4.48. The fourth-order valence-electron chi connectivity index (χ4n) is 1.68. The molecule has 1 unspecified atom stereocenters. The molecule has 3 aromatic rings. The average molecular weight is 321 g/mol. The van der Waals surface area contributed by atoms with Crippen LogP contribution in [0.5, 0.6) is 5.75 Å². The number of fused-ring (bicyclic) bond motifs is 1. The number of para-hydroxylation sites is 1. The second kappa shape index (κ2) is 5.87. The van der Waals surface area contributed by atoms with Gasteiger partial charge in [0.15, 0.2) is 24.3 Å². The summed E-state index contributed by atoms with van der Waals surface area (Å²) >= 11 is 1.51. The van der Waals surface area contributed by atoms with Gasteiger partial charge in [-0.2, -0.15) is 0 Å². The molecule has 0 radical (unpaired) electrons. The molecule has 0 amide bonds. The average Bonchev–Trinajstić information content (AvgIpc) is 2.90. The monoisotopic (exact) mass is 321 g/mol. The molecule has 0 saturated carbocycles. The van der Waals surface area contributed by atoms with Crippen molar-refractivity contribution in [3.8, 4) is 5.75 Å². The van der Waals surface area contributed by atoms with Gasteiger partial charge in [-0.15, -0.1) is 11.3 Å². The van der Waals surface area contributed by atoms with E-state index in [1.807, 2.05) is 55.5 Å². The second-order valence-electron chi connectivity index (χ2n) is 4.15. The Bertz CT molecular complexity index is 772. The van der Waals surface area contributed by atoms with E-state index in [1.54, 1.807) is 0 Å². The molecule has 0 aliphatic rings. The molecule has 3 nitrogen and oxygen atoms in total. The molecule has 0 spiro atoms. The van der Waals surface area contributed by atoms with Gasteiger partial charge in [-0.1, -0.05) is 29.8 Å². The first kappa shape index (κ1) is 13.5. The van der Waals surface area contributed by atoms with Crippen molar-refractivity contribution < 1.29 is 8.39 Å². The van der Waals surface area contributed by atoms with Crippen LogP contribution in [-0.2, 0) is 20.0 Å². The van der Waals surface area contributed by atoms with Gasteiger partial charge in [0.1, 0.15) is 5.75 Å². The Hall–Kier alpha value is -1.50. The molecular formula is C14H11NO2S3. The summed E-state index contributed by atoms with van der Waals surface area (Å²) in [6.45, 7) is 2.01. The molecule has 20 heavy (non-hydrogen) atoms. The van der Waals surface area contributed by atoms with E-state index < -0.39 is 9.74 Å². The summed E-state index contributed by atoms with van der Waals surface area (Å²) in [5.41, 5.74) is 2.07. The van der Waals surface area contributed by atoms with E-state index in [0.29, 0.717) is 16.0 Å². The minimum atomic E-state index is -0.917. The molecule has 0 saturated heterocycles. The van der Waals surface area contributed by atoms with Crippen molar-refractivity contribution in [2.45, 2.75) is 11.3 Å². The van der Waals surface area contributed by atoms with Crippen LogP contribution in [0.25, 0.3) is 10.2 Å². The summed E-state index contributed by atoms with van der Waals surface area (Å²) in [5.74, 6) is 0.696. The Balaban J connectivity index is 1.94. The summed E-state index contributed by atoms with van der Waals surface area (Å²) < 4.78 is 18.9. The highest BCUT2D eigenvalue weighted by molar-refractivity contribution is 8.29. The molecule has 1 heterocycles. The first-order chi connectivity index (χ1) is 9.76. The zero-order valence-electron chi connectivity index (χ0n) is 10.6. The van der Waals surface area contributed by atoms with Crippen molar-refractivity contribution in [1.29, 1.82) is 0 Å². The normalized spacial score (nSPS) is 12.2. The number of aromatic nitrogens is 1. The van der Waals surface area contributed by atoms with Gasteiger partial charge in [0.25, 0.3) is 0 Å². The Kier molecular flexibility index (Phi) is 3.95. The highest BCUT2D eigenvalue weighted by Crippen LogP contribution is 2.26. The maximum Gasteiger partial charge on any atom is 0.195 e. The van der Waals surface area contributed by atoms with E-state index in [4.69, 9.17) is 4.18 Å². The van der Waals surface area contributed by atoms with Gasteiger partial charge in [0.2, 0.25) is 0 Å². The Morgan fingerprint density at radius 3 is 2.60 bits per heavy atom. The molecule has 6 heteroatoms. The topological polar surface area (TPSA) is 39.2 Å². The molecule has 0 fully saturated rings. The van der Waals surface area contributed by atoms with Gasteiger partial charge in [-0.05, 0) is 31.2 Å². The number of hydrogen-bond donors (Lipinski definition) is 0. The molecule has 1 aromatic heterocycles. The van der Waals surface area contributed by atoms with Crippen LogP contribution in [0.15, 0.2) is 52.9 Å². The third kappa shape index (κ3) is 2.82. The van der Waals surface area contributed by atoms with Crippen LogP contribution in [-0.4, -0.2) is 9.19 Å². The standard InChI is InChI=1S/C14H11NO2S3/c1-10-6-8-11(9-7-10)17-20(19-16)14-15-12-4-2-3-5-13(12)18-14/h2-9H,1H3. The van der Waals surface area contributed by atoms with E-state index >= 15 is 0 Å². The highest BCUT2D eigenvalue weighted by Gasteiger charge is 2.11. The number of thiazole rings is 1. The van der Waals surface area contributed by atoms with Gasteiger partial charge in [-0.3, -0.25) is 0 Å². The highest BCUT2D eigenvalue weighted by atomic mass is 32.8. The number of benzene rings is 2. The number of hydrogen-bond acceptors (Lipinski definition) is 4. The predicted molar refractivity (Wildman–Crippen MR) is 85.2 cm³/mol. The smallest absolute Gasteiger partial charge is 0.195 e. The van der Waals surface area contributed by atoms with Crippen molar-refractivity contribution in [2.75, 3.05) is 0 Å². The summed E-state index contributed by atoms with van der Waals surface area (Å²) in [5, 5.41) is 0. The first-order valence-electron chi connectivity index (χ1n) is 5.91. The zero-order chi connectivity index (χ0) is 13.9. The van der Waals surface area contributed by atoms with Crippen molar-refractivity contribution in [3.05, 3.63) is 54.1 Å². The summed E-state index contributed by atoms with van der Waals surface area (Å²) in [6, 6.07) is 15.5. The number of rotatable bonds is 3. The molecule has 2 aromatic carbocycles. The van der Waals surface area contributed by atoms with Gasteiger partial charge >= 0.3 is 0 Å². The minimum absolute atomic E-state index is 0.441. The maximum absolute atomic E-state index is 11.3. The van der Waals surface area contributed by atoms with Crippen LogP contribution in [0, 0.1) is 6.92 Å². The third-order valence-electron chi connectivity index (χ3n) is 2.67. The van der Waals surface area contributed by atoms with Crippen molar-refractivity contribution in [3.63, 3.8) is 0 Å². The molecule has 1 atom stereocenters. The van der Waals surface area contributed by atoms with Crippen LogP contribution in [0.3, 0.4) is 0 Å². The number of nitrogens with zero attached hydrogens (tertiary/aromatic N) is 1. The fraction of sp³-hybridized carbons (Fsp3) is 0.0714. The molecule has 0 bridgehead atoms. The van der Waals surface area contributed by atoms with Crippen LogP contribution < -0.4 is 4.18 Å². The molecule has 0 aliphatic carbocycles. The van der Waals surface area contributed by atoms with Crippen LogP contribution in [0.4, 0.5) is 0 Å². The van der Waals surface area contributed by atoms with Crippen LogP contribution in [0.1, 0.15) is 5.56 Å². The quantitative estimate of drug-likeness (QED) is 0.738. The van der Waals surface area contributed by atoms with Crippen LogP contribution >= 0.6 is 11.3 Å². The second-order valence-corrected chi connectivity index (χ2v) is 7.91. The molecule has 102 valence electrons. The van der Waals surface area contributed by atoms with Crippen molar-refractivity contribution in [1.82, 2.24) is 4.98 Å². The molecule has 0 aliphatic heterocycles. The Labute approximate surface area is 126 Å². The van der Waals surface area contributed by atoms with Gasteiger partial charge in [0.05, 0.1) is 10.2 Å². The van der Waals surface area contributed by atoms with E-state index in [1.165, 1.54) is 11.3 Å². The molecular weight excluding hydrogens is 310 g/mol. The Morgan fingerprint density at radius 2 is 1.90 bits per heavy atom. The van der Waals surface area contributed by atoms with Crippen molar-refractivity contribution in [2.24, 2.45) is 0 Å². The lowest BCUT2D eigenvalue weighted by molar-refractivity contribution is 0.637. The number of aryl methyl sites for hydroxylation is 1. The lowest BCUT2D eigenvalue weighted by Gasteiger charge is -2.04. The third-order valence-corrected chi connectivity index (χ3v) is 6.42. The maximum atomic E-state index is 11.3. The van der Waals surface area contributed by atoms with E-state index in [2.05, 4.69) is 4.98 Å². The Morgan fingerprint density at radius 1 is 1.15 bits per heavy atom. The molecule has 0 N–H and O–H groups in total. The summed E-state index contributed by atoms with van der Waals surface area (Å²) in [6.07, 6.45) is 0. The van der Waals surface area contributed by atoms with Gasteiger partial charge < -0.3 is 4.18 Å². The lowest BCUT2D eigenvalue weighted by atomic mass is 10.2. The van der Waals surface area contributed by atoms with E-state index in [9.17, 15) is 4.21 Å². The molecule has 3 rings (SSSR count). The zero-order valence-corrected chi connectivity index (χ0v) is 13.1. The van der Waals surface area contributed by atoms with E-state index in [-0.39, 0.29) is 0 Å². The largest absolute Gasteiger partial charge is 0.415 e. The minimum Gasteiger partial charge on any atom is -0.415 e. The van der Waals surface area contributed by atoms with Crippen LogP contribution in [0.2, 0.25) is 0 Å².